The minimum absolute atomic E-state index is 0.0376. The van der Waals surface area contributed by atoms with E-state index in [0.717, 1.165) is 0 Å². The van der Waals surface area contributed by atoms with E-state index in [1.807, 2.05) is 6.92 Å². The van der Waals surface area contributed by atoms with Crippen molar-refractivity contribution in [2.24, 2.45) is 0 Å². The van der Waals surface area contributed by atoms with Crippen LogP contribution >= 0.6 is 0 Å². The van der Waals surface area contributed by atoms with Crippen LogP contribution in [0, 0.1) is 5.82 Å². The third kappa shape index (κ3) is 2.74. The van der Waals surface area contributed by atoms with Gasteiger partial charge >= 0.3 is 0 Å². The van der Waals surface area contributed by atoms with Crippen molar-refractivity contribution in [3.05, 3.63) is 47.4 Å². The van der Waals surface area contributed by atoms with Crippen molar-refractivity contribution >= 4 is 11.7 Å². The average Bonchev–Trinajstić information content (AvgIpc) is 2.33. The minimum Gasteiger partial charge on any atom is -0.378 e. The first-order valence-electron chi connectivity index (χ1n) is 5.62. The van der Waals surface area contributed by atoms with Gasteiger partial charge in [-0.05, 0) is 31.2 Å². The molecule has 0 aromatic heterocycles. The monoisotopic (exact) mass is 248 g/mol. The molecule has 1 fully saturated rings. The summed E-state index contributed by atoms with van der Waals surface area (Å²) in [6, 6.07) is 5.23. The second-order valence-corrected chi connectivity index (χ2v) is 4.18. The Morgan fingerprint density at radius 2 is 2.06 bits per heavy atom. The molecule has 1 aromatic carbocycles. The van der Waals surface area contributed by atoms with Crippen LogP contribution in [0.25, 0.3) is 0 Å². The molecule has 1 aromatic rings. The van der Waals surface area contributed by atoms with Crippen LogP contribution in [0.4, 0.5) is 4.39 Å². The molecule has 5 heteroatoms. The molecule has 94 valence electrons. The van der Waals surface area contributed by atoms with Gasteiger partial charge < -0.3 is 10.6 Å². The van der Waals surface area contributed by atoms with E-state index < -0.39 is 5.82 Å². The maximum absolute atomic E-state index is 12.7. The summed E-state index contributed by atoms with van der Waals surface area (Å²) in [4.78, 5) is 23.4. The van der Waals surface area contributed by atoms with E-state index in [2.05, 4.69) is 10.6 Å². The van der Waals surface area contributed by atoms with Gasteiger partial charge in [-0.3, -0.25) is 9.59 Å². The van der Waals surface area contributed by atoms with E-state index >= 15 is 0 Å². The fourth-order valence-electron chi connectivity index (χ4n) is 1.64. The molecule has 2 N–H and O–H groups in total. The number of nitrogens with one attached hydrogen (secondary N) is 2. The van der Waals surface area contributed by atoms with E-state index in [-0.39, 0.29) is 23.4 Å². The van der Waals surface area contributed by atoms with Crippen molar-refractivity contribution in [1.82, 2.24) is 10.6 Å². The molecule has 0 bridgehead atoms. The molecule has 0 spiro atoms. The molecular weight excluding hydrogens is 235 g/mol. The lowest BCUT2D eigenvalue weighted by molar-refractivity contribution is -0.119. The topological polar surface area (TPSA) is 58.2 Å². The lowest BCUT2D eigenvalue weighted by Gasteiger charge is -2.23. The molecule has 4 nitrogen and oxygen atoms in total. The number of rotatable bonds is 2. The van der Waals surface area contributed by atoms with Crippen molar-refractivity contribution in [1.29, 1.82) is 0 Å². The van der Waals surface area contributed by atoms with E-state index in [1.54, 1.807) is 0 Å². The zero-order valence-corrected chi connectivity index (χ0v) is 9.87. The third-order valence-corrected chi connectivity index (χ3v) is 2.62. The van der Waals surface area contributed by atoms with Gasteiger partial charge in [0.05, 0.1) is 0 Å². The standard InChI is InChI=1S/C13H13FN2O2/c1-8-7-15-11(13(18)16-8)6-12(17)9-2-4-10(14)5-3-9/h2-6,8,15H,7H2,1H3,(H,16,18). The van der Waals surface area contributed by atoms with Crippen molar-refractivity contribution in [3.63, 3.8) is 0 Å². The number of halogens is 1. The predicted octanol–water partition coefficient (Wildman–Crippen LogP) is 1.00. The molecule has 1 aliphatic rings. The molecule has 0 radical (unpaired) electrons. The summed E-state index contributed by atoms with van der Waals surface area (Å²) in [6.07, 6.45) is 1.23. The van der Waals surface area contributed by atoms with Crippen molar-refractivity contribution in [2.45, 2.75) is 13.0 Å². The van der Waals surface area contributed by atoms with Crippen LogP contribution in [0.15, 0.2) is 36.0 Å². The number of carbonyl (C=O) groups is 2. The van der Waals surface area contributed by atoms with Crippen molar-refractivity contribution in [3.8, 4) is 0 Å². The van der Waals surface area contributed by atoms with Gasteiger partial charge in [-0.2, -0.15) is 0 Å². The Morgan fingerprint density at radius 3 is 2.67 bits per heavy atom. The maximum Gasteiger partial charge on any atom is 0.267 e. The molecule has 1 unspecified atom stereocenters. The van der Waals surface area contributed by atoms with Crippen molar-refractivity contribution in [2.75, 3.05) is 6.54 Å². The first-order valence-corrected chi connectivity index (χ1v) is 5.62. The quantitative estimate of drug-likeness (QED) is 0.606. The van der Waals surface area contributed by atoms with Gasteiger partial charge in [0.1, 0.15) is 11.5 Å². The second kappa shape index (κ2) is 5.00. The average molecular weight is 248 g/mol. The highest BCUT2D eigenvalue weighted by Gasteiger charge is 2.19. The zero-order chi connectivity index (χ0) is 13.1. The molecule has 1 amide bonds. The van der Waals surface area contributed by atoms with E-state index in [9.17, 15) is 14.0 Å². The van der Waals surface area contributed by atoms with E-state index in [0.29, 0.717) is 12.1 Å². The number of amides is 1. The second-order valence-electron chi connectivity index (χ2n) is 4.18. The van der Waals surface area contributed by atoms with Crippen LogP contribution in [0.2, 0.25) is 0 Å². The first-order chi connectivity index (χ1) is 8.56. The number of allylic oxidation sites excluding steroid dienone is 1. The molecule has 18 heavy (non-hydrogen) atoms. The summed E-state index contributed by atoms with van der Waals surface area (Å²) < 4.78 is 12.7. The molecule has 1 heterocycles. The fourth-order valence-corrected chi connectivity index (χ4v) is 1.64. The predicted molar refractivity (Wildman–Crippen MR) is 64.4 cm³/mol. The number of hydrogen-bond acceptors (Lipinski definition) is 3. The van der Waals surface area contributed by atoms with Gasteiger partial charge in [-0.15, -0.1) is 0 Å². The van der Waals surface area contributed by atoms with Gasteiger partial charge in [0.15, 0.2) is 5.78 Å². The Balaban J connectivity index is 2.15. The summed E-state index contributed by atoms with van der Waals surface area (Å²) in [5.74, 6) is -1.03. The summed E-state index contributed by atoms with van der Waals surface area (Å²) in [5.41, 5.74) is 0.583. The first kappa shape index (κ1) is 12.3. The van der Waals surface area contributed by atoms with E-state index in [4.69, 9.17) is 0 Å². The van der Waals surface area contributed by atoms with Gasteiger partial charge in [-0.25, -0.2) is 4.39 Å². The van der Waals surface area contributed by atoms with Crippen LogP contribution < -0.4 is 10.6 Å². The fraction of sp³-hybridized carbons (Fsp3) is 0.231. The molecule has 0 saturated carbocycles. The molecule has 0 aliphatic carbocycles. The number of ketones is 1. The maximum atomic E-state index is 12.7. The van der Waals surface area contributed by atoms with Crippen LogP contribution in [0.1, 0.15) is 17.3 Å². The van der Waals surface area contributed by atoms with Gasteiger partial charge in [0, 0.05) is 24.2 Å². The largest absolute Gasteiger partial charge is 0.378 e. The lowest BCUT2D eigenvalue weighted by atomic mass is 10.1. The molecular formula is C13H13FN2O2. The summed E-state index contributed by atoms with van der Waals surface area (Å²) in [6.45, 7) is 2.44. The SMILES string of the molecule is CC1CNC(=CC(=O)c2ccc(F)cc2)C(=O)N1. The highest BCUT2D eigenvalue weighted by Crippen LogP contribution is 2.07. The molecule has 1 aliphatic heterocycles. The number of hydrogen-bond donors (Lipinski definition) is 2. The molecule has 1 atom stereocenters. The molecule has 1 saturated heterocycles. The number of carbonyl (C=O) groups excluding carboxylic acids is 2. The highest BCUT2D eigenvalue weighted by molar-refractivity contribution is 6.09. The normalized spacial score (nSPS) is 21.3. The Labute approximate surface area is 104 Å². The Bertz CT molecular complexity index is 508. The van der Waals surface area contributed by atoms with Crippen LogP contribution in [0.3, 0.4) is 0 Å². The number of benzene rings is 1. The summed E-state index contributed by atoms with van der Waals surface area (Å²) in [5, 5.41) is 5.60. The van der Waals surface area contributed by atoms with Crippen molar-refractivity contribution < 1.29 is 14.0 Å². The van der Waals surface area contributed by atoms with Crippen LogP contribution in [-0.2, 0) is 4.79 Å². The lowest BCUT2D eigenvalue weighted by Crippen LogP contribution is -2.49. The van der Waals surface area contributed by atoms with Gasteiger partial charge in [0.2, 0.25) is 0 Å². The van der Waals surface area contributed by atoms with Crippen LogP contribution in [-0.4, -0.2) is 24.3 Å². The zero-order valence-electron chi connectivity index (χ0n) is 9.87. The van der Waals surface area contributed by atoms with Crippen LogP contribution in [0.5, 0.6) is 0 Å². The smallest absolute Gasteiger partial charge is 0.267 e. The minimum atomic E-state index is -0.401. The third-order valence-electron chi connectivity index (χ3n) is 2.62. The Hall–Kier alpha value is -2.17. The summed E-state index contributed by atoms with van der Waals surface area (Å²) >= 11 is 0. The highest BCUT2D eigenvalue weighted by atomic mass is 19.1. The summed E-state index contributed by atoms with van der Waals surface area (Å²) in [7, 11) is 0. The van der Waals surface area contributed by atoms with Gasteiger partial charge in [0.25, 0.3) is 5.91 Å². The molecule has 2 rings (SSSR count). The number of piperazine rings is 1. The Morgan fingerprint density at radius 1 is 1.39 bits per heavy atom. The Kier molecular flexibility index (Phi) is 3.41. The van der Waals surface area contributed by atoms with Gasteiger partial charge in [-0.1, -0.05) is 0 Å². The van der Waals surface area contributed by atoms with E-state index in [1.165, 1.54) is 30.3 Å².